The van der Waals surface area contributed by atoms with E-state index in [-0.39, 0.29) is 24.9 Å². The Morgan fingerprint density at radius 1 is 1.22 bits per heavy atom. The van der Waals surface area contributed by atoms with E-state index in [1.54, 1.807) is 17.0 Å². The number of carbonyl (C=O) groups is 1. The molecule has 0 atom stereocenters. The summed E-state index contributed by atoms with van der Waals surface area (Å²) in [7, 11) is 0. The zero-order valence-corrected chi connectivity index (χ0v) is 15.5. The highest BCUT2D eigenvalue weighted by atomic mass is 35.5. The molecule has 0 unspecified atom stereocenters. The molecule has 3 rings (SSSR count). The molecule has 1 aliphatic carbocycles. The summed E-state index contributed by atoms with van der Waals surface area (Å²) < 4.78 is 39.3. The summed E-state index contributed by atoms with van der Waals surface area (Å²) in [6.45, 7) is 0.549. The van der Waals surface area contributed by atoms with Crippen LogP contribution in [0.5, 0.6) is 0 Å². The van der Waals surface area contributed by atoms with Crippen LogP contribution in [-0.4, -0.2) is 33.2 Å². The molecule has 2 aromatic rings. The van der Waals surface area contributed by atoms with Crippen molar-refractivity contribution in [1.82, 2.24) is 14.7 Å². The van der Waals surface area contributed by atoms with Crippen LogP contribution in [0.2, 0.25) is 5.02 Å². The Morgan fingerprint density at radius 3 is 2.56 bits per heavy atom. The second-order valence-corrected chi connectivity index (χ2v) is 7.16. The van der Waals surface area contributed by atoms with Gasteiger partial charge in [-0.1, -0.05) is 42.6 Å². The molecule has 1 heterocycles. The minimum atomic E-state index is -4.46. The van der Waals surface area contributed by atoms with Gasteiger partial charge in [0.25, 0.3) is 0 Å². The number of aromatic nitrogens is 2. The third-order valence-corrected chi connectivity index (χ3v) is 5.26. The van der Waals surface area contributed by atoms with E-state index in [2.05, 4.69) is 5.10 Å². The van der Waals surface area contributed by atoms with Gasteiger partial charge in [-0.2, -0.15) is 18.3 Å². The normalized spacial score (nSPS) is 15.3. The number of benzene rings is 1. The first-order valence-electron chi connectivity index (χ1n) is 8.98. The Morgan fingerprint density at radius 2 is 1.93 bits per heavy atom. The maximum Gasteiger partial charge on any atom is 0.435 e. The Hall–Kier alpha value is -2.02. The van der Waals surface area contributed by atoms with Gasteiger partial charge in [0.2, 0.25) is 5.91 Å². The van der Waals surface area contributed by atoms with E-state index >= 15 is 0 Å². The summed E-state index contributed by atoms with van der Waals surface area (Å²) in [6, 6.07) is 8.27. The molecule has 0 aliphatic heterocycles. The van der Waals surface area contributed by atoms with E-state index in [9.17, 15) is 18.0 Å². The van der Waals surface area contributed by atoms with Gasteiger partial charge >= 0.3 is 6.18 Å². The summed E-state index contributed by atoms with van der Waals surface area (Å²) in [6.07, 6.45) is 0.969. The molecule has 1 saturated carbocycles. The van der Waals surface area contributed by atoms with Crippen LogP contribution in [0.15, 0.2) is 36.5 Å². The Labute approximate surface area is 160 Å². The standard InChI is InChI=1S/C19H21ClF3N3O/c20-16-8-4-1-5-14(16)13-18(27)26(15-6-2-3-7-15)12-11-25-10-9-17(24-25)19(21,22)23/h1,4-5,8-10,15H,2-3,6-7,11-13H2. The number of halogens is 4. The number of hydrogen-bond acceptors (Lipinski definition) is 2. The highest BCUT2D eigenvalue weighted by molar-refractivity contribution is 6.31. The molecule has 8 heteroatoms. The molecule has 1 aliphatic rings. The minimum Gasteiger partial charge on any atom is -0.338 e. The average Bonchev–Trinajstić information content (AvgIpc) is 3.28. The first kappa shape index (κ1) is 19.7. The molecule has 1 amide bonds. The fraction of sp³-hybridized carbons (Fsp3) is 0.474. The molecule has 27 heavy (non-hydrogen) atoms. The van der Waals surface area contributed by atoms with Crippen molar-refractivity contribution in [3.8, 4) is 0 Å². The quantitative estimate of drug-likeness (QED) is 0.713. The lowest BCUT2D eigenvalue weighted by molar-refractivity contribution is -0.141. The SMILES string of the molecule is O=C(Cc1ccccc1Cl)N(CCn1ccc(C(F)(F)F)n1)C1CCCC1. The largest absolute Gasteiger partial charge is 0.435 e. The lowest BCUT2D eigenvalue weighted by Gasteiger charge is -2.29. The minimum absolute atomic E-state index is 0.0572. The summed E-state index contributed by atoms with van der Waals surface area (Å²) >= 11 is 6.16. The van der Waals surface area contributed by atoms with Gasteiger partial charge < -0.3 is 4.90 Å². The second kappa shape index (κ2) is 8.33. The first-order chi connectivity index (χ1) is 12.8. The third-order valence-electron chi connectivity index (χ3n) is 4.89. The van der Waals surface area contributed by atoms with Gasteiger partial charge in [0.05, 0.1) is 13.0 Å². The van der Waals surface area contributed by atoms with E-state index in [1.165, 1.54) is 10.9 Å². The highest BCUT2D eigenvalue weighted by Gasteiger charge is 2.33. The number of amides is 1. The predicted molar refractivity (Wildman–Crippen MR) is 96.4 cm³/mol. The van der Waals surface area contributed by atoms with Crippen molar-refractivity contribution in [1.29, 1.82) is 0 Å². The van der Waals surface area contributed by atoms with Crippen LogP contribution in [0.1, 0.15) is 36.9 Å². The molecule has 0 bridgehead atoms. The van der Waals surface area contributed by atoms with E-state index < -0.39 is 11.9 Å². The van der Waals surface area contributed by atoms with Crippen molar-refractivity contribution in [3.63, 3.8) is 0 Å². The number of alkyl halides is 3. The smallest absolute Gasteiger partial charge is 0.338 e. The molecule has 4 nitrogen and oxygen atoms in total. The monoisotopic (exact) mass is 399 g/mol. The molecule has 0 N–H and O–H groups in total. The lowest BCUT2D eigenvalue weighted by atomic mass is 10.1. The van der Waals surface area contributed by atoms with E-state index in [1.807, 2.05) is 12.1 Å². The maximum absolute atomic E-state index is 12.9. The Kier molecular flexibility index (Phi) is 6.09. The lowest BCUT2D eigenvalue weighted by Crippen LogP contribution is -2.41. The Balaban J connectivity index is 1.69. The molecule has 1 aromatic heterocycles. The van der Waals surface area contributed by atoms with Gasteiger partial charge in [-0.15, -0.1) is 0 Å². The fourth-order valence-electron chi connectivity index (χ4n) is 3.48. The van der Waals surface area contributed by atoms with E-state index in [4.69, 9.17) is 11.6 Å². The first-order valence-corrected chi connectivity index (χ1v) is 9.36. The van der Waals surface area contributed by atoms with Gasteiger partial charge in [-0.3, -0.25) is 9.48 Å². The molecule has 1 aromatic carbocycles. The zero-order chi connectivity index (χ0) is 19.4. The molecule has 0 spiro atoms. The van der Waals surface area contributed by atoms with E-state index in [0.29, 0.717) is 11.6 Å². The van der Waals surface area contributed by atoms with Crippen molar-refractivity contribution in [2.75, 3.05) is 6.54 Å². The van der Waals surface area contributed by atoms with Crippen molar-refractivity contribution < 1.29 is 18.0 Å². The van der Waals surface area contributed by atoms with Crippen LogP contribution in [0, 0.1) is 0 Å². The van der Waals surface area contributed by atoms with Gasteiger partial charge in [0, 0.05) is 23.8 Å². The molecule has 146 valence electrons. The second-order valence-electron chi connectivity index (χ2n) is 6.76. The van der Waals surface area contributed by atoms with Gasteiger partial charge in [0.15, 0.2) is 5.69 Å². The molecule has 0 saturated heterocycles. The number of nitrogens with zero attached hydrogens (tertiary/aromatic N) is 3. The van der Waals surface area contributed by atoms with Crippen LogP contribution < -0.4 is 0 Å². The van der Waals surface area contributed by atoms with Crippen LogP contribution >= 0.6 is 11.6 Å². The number of rotatable bonds is 6. The Bertz CT molecular complexity index is 785. The van der Waals surface area contributed by atoms with Crippen LogP contribution in [0.25, 0.3) is 0 Å². The van der Waals surface area contributed by atoms with Gasteiger partial charge in [0.1, 0.15) is 0 Å². The van der Waals surface area contributed by atoms with Crippen molar-refractivity contribution in [3.05, 3.63) is 52.8 Å². The maximum atomic E-state index is 12.9. The van der Waals surface area contributed by atoms with Crippen molar-refractivity contribution in [2.24, 2.45) is 0 Å². The van der Waals surface area contributed by atoms with Gasteiger partial charge in [-0.05, 0) is 30.5 Å². The molecule has 0 radical (unpaired) electrons. The predicted octanol–water partition coefficient (Wildman–Crippen LogP) is 4.57. The zero-order valence-electron chi connectivity index (χ0n) is 14.8. The highest BCUT2D eigenvalue weighted by Crippen LogP contribution is 2.28. The van der Waals surface area contributed by atoms with Crippen LogP contribution in [0.4, 0.5) is 13.2 Å². The summed E-state index contributed by atoms with van der Waals surface area (Å²) in [5, 5.41) is 4.11. The average molecular weight is 400 g/mol. The molecular weight excluding hydrogens is 379 g/mol. The molecule has 1 fully saturated rings. The molecular formula is C19H21ClF3N3O. The summed E-state index contributed by atoms with van der Waals surface area (Å²) in [5.74, 6) is -0.0572. The van der Waals surface area contributed by atoms with Crippen molar-refractivity contribution in [2.45, 2.75) is 50.9 Å². The van der Waals surface area contributed by atoms with E-state index in [0.717, 1.165) is 37.3 Å². The number of carbonyl (C=O) groups excluding carboxylic acids is 1. The fourth-order valence-corrected chi connectivity index (χ4v) is 3.68. The van der Waals surface area contributed by atoms with Crippen LogP contribution in [-0.2, 0) is 23.9 Å². The topological polar surface area (TPSA) is 38.1 Å². The van der Waals surface area contributed by atoms with Gasteiger partial charge in [-0.25, -0.2) is 0 Å². The summed E-state index contributed by atoms with van der Waals surface area (Å²) in [4.78, 5) is 14.7. The van der Waals surface area contributed by atoms with Crippen molar-refractivity contribution >= 4 is 17.5 Å². The summed E-state index contributed by atoms with van der Waals surface area (Å²) in [5.41, 5.74) is -0.164. The third kappa shape index (κ3) is 5.03. The number of hydrogen-bond donors (Lipinski definition) is 0. The van der Waals surface area contributed by atoms with Crippen LogP contribution in [0.3, 0.4) is 0 Å².